The lowest BCUT2D eigenvalue weighted by Gasteiger charge is -2.45. The number of methoxy groups -OCH3 is 1. The van der Waals surface area contributed by atoms with Crippen LogP contribution in [0.15, 0.2) is 47.5 Å². The predicted molar refractivity (Wildman–Crippen MR) is 129 cm³/mol. The Balaban J connectivity index is 0.00000119. The number of carbonyl (C=O) groups excluding carboxylic acids is 1. The second-order valence-corrected chi connectivity index (χ2v) is 9.18. The summed E-state index contributed by atoms with van der Waals surface area (Å²) in [6.45, 7) is 6.10. The maximum absolute atomic E-state index is 13.7. The first-order chi connectivity index (χ1) is 15.4. The van der Waals surface area contributed by atoms with E-state index < -0.39 is 5.54 Å². The number of nitrogens with two attached hydrogens (primary N) is 1. The molecule has 5 rings (SSSR count). The van der Waals surface area contributed by atoms with E-state index in [0.29, 0.717) is 5.96 Å². The summed E-state index contributed by atoms with van der Waals surface area (Å²) in [7, 11) is 3.52. The van der Waals surface area contributed by atoms with E-state index in [1.165, 1.54) is 11.1 Å². The van der Waals surface area contributed by atoms with Crippen LogP contribution in [0.5, 0.6) is 0 Å². The van der Waals surface area contributed by atoms with E-state index in [0.717, 1.165) is 48.8 Å². The number of nitrogens with zero attached hydrogens (tertiary/aromatic N) is 2. The molecule has 5 nitrogen and oxygen atoms in total. The van der Waals surface area contributed by atoms with E-state index in [1.807, 2.05) is 13.8 Å². The summed E-state index contributed by atoms with van der Waals surface area (Å²) in [5.41, 5.74) is 10.8. The topological polar surface area (TPSA) is 67.9 Å². The monoisotopic (exact) mass is 433 g/mol. The Bertz CT molecular complexity index is 1050. The van der Waals surface area contributed by atoms with Gasteiger partial charge in [-0.25, -0.2) is 4.99 Å². The third-order valence-corrected chi connectivity index (χ3v) is 7.61. The zero-order chi connectivity index (χ0) is 23.1. The molecule has 2 spiro atoms. The summed E-state index contributed by atoms with van der Waals surface area (Å²) in [4.78, 5) is 20.2. The summed E-state index contributed by atoms with van der Waals surface area (Å²) < 4.78 is 5.62. The molecular formula is C27H35N3O2. The van der Waals surface area contributed by atoms with Crippen LogP contribution in [0.1, 0.15) is 56.2 Å². The molecule has 2 aromatic carbocycles. The summed E-state index contributed by atoms with van der Waals surface area (Å²) in [6, 6.07) is 15.0. The van der Waals surface area contributed by atoms with Crippen molar-refractivity contribution in [1.29, 1.82) is 0 Å². The Morgan fingerprint density at radius 3 is 2.38 bits per heavy atom. The second kappa shape index (κ2) is 8.36. The Labute approximate surface area is 191 Å². The number of amides is 1. The van der Waals surface area contributed by atoms with Crippen LogP contribution in [-0.2, 0) is 21.5 Å². The van der Waals surface area contributed by atoms with E-state index in [4.69, 9.17) is 15.5 Å². The highest BCUT2D eigenvalue weighted by atomic mass is 16.5. The predicted octanol–water partition coefficient (Wildman–Crippen LogP) is 4.80. The molecule has 1 amide bonds. The number of hydrogen-bond donors (Lipinski definition) is 1. The Kier molecular flexibility index (Phi) is 5.89. The number of aryl methyl sites for hydroxylation is 1. The molecule has 32 heavy (non-hydrogen) atoms. The number of hydrogen-bond acceptors (Lipinski definition) is 4. The van der Waals surface area contributed by atoms with Crippen molar-refractivity contribution < 1.29 is 9.53 Å². The number of fused-ring (bicyclic) bond motifs is 3. The van der Waals surface area contributed by atoms with E-state index in [9.17, 15) is 4.79 Å². The largest absolute Gasteiger partial charge is 0.381 e. The molecule has 2 aliphatic carbocycles. The van der Waals surface area contributed by atoms with Gasteiger partial charge in [0.05, 0.1) is 6.10 Å². The summed E-state index contributed by atoms with van der Waals surface area (Å²) in [6.07, 6.45) is 4.85. The lowest BCUT2D eigenvalue weighted by molar-refractivity contribution is -0.137. The lowest BCUT2D eigenvalue weighted by Crippen LogP contribution is -2.51. The number of guanidine groups is 1. The zero-order valence-electron chi connectivity index (χ0n) is 19.9. The van der Waals surface area contributed by atoms with Crippen LogP contribution in [0.2, 0.25) is 0 Å². The molecule has 1 fully saturated rings. The molecule has 5 heteroatoms. The highest BCUT2D eigenvalue weighted by Crippen LogP contribution is 2.62. The van der Waals surface area contributed by atoms with Crippen LogP contribution in [0.4, 0.5) is 0 Å². The van der Waals surface area contributed by atoms with Gasteiger partial charge in [0.25, 0.3) is 5.91 Å². The molecule has 170 valence electrons. The van der Waals surface area contributed by atoms with Crippen molar-refractivity contribution >= 4 is 11.9 Å². The van der Waals surface area contributed by atoms with Gasteiger partial charge in [0.15, 0.2) is 11.5 Å². The summed E-state index contributed by atoms with van der Waals surface area (Å²) >= 11 is 0. The molecule has 0 bridgehead atoms. The summed E-state index contributed by atoms with van der Waals surface area (Å²) in [5, 5.41) is 0. The fourth-order valence-corrected chi connectivity index (χ4v) is 5.93. The molecule has 1 atom stereocenters. The van der Waals surface area contributed by atoms with Crippen molar-refractivity contribution in [3.63, 3.8) is 0 Å². The molecule has 0 aromatic heterocycles. The van der Waals surface area contributed by atoms with Crippen LogP contribution in [-0.4, -0.2) is 37.0 Å². The highest BCUT2D eigenvalue weighted by Gasteiger charge is 2.66. The minimum Gasteiger partial charge on any atom is -0.381 e. The molecule has 1 aliphatic heterocycles. The van der Waals surface area contributed by atoms with Crippen LogP contribution >= 0.6 is 0 Å². The van der Waals surface area contributed by atoms with Crippen molar-refractivity contribution in [2.75, 3.05) is 14.2 Å². The number of carbonyl (C=O) groups is 1. The molecule has 2 aromatic rings. The maximum Gasteiger partial charge on any atom is 0.262 e. The minimum atomic E-state index is -0.917. The molecule has 0 radical (unpaired) electrons. The normalized spacial score (nSPS) is 28.5. The van der Waals surface area contributed by atoms with E-state index in [-0.39, 0.29) is 17.4 Å². The number of ether oxygens (including phenoxy) is 1. The Hall–Kier alpha value is -2.66. The van der Waals surface area contributed by atoms with Gasteiger partial charge >= 0.3 is 0 Å². The molecule has 1 unspecified atom stereocenters. The van der Waals surface area contributed by atoms with E-state index in [2.05, 4.69) is 49.4 Å². The summed E-state index contributed by atoms with van der Waals surface area (Å²) in [5.74, 6) is 0.332. The van der Waals surface area contributed by atoms with Crippen LogP contribution in [0.25, 0.3) is 11.1 Å². The molecular weight excluding hydrogens is 398 g/mol. The van der Waals surface area contributed by atoms with Gasteiger partial charge in [-0.15, -0.1) is 0 Å². The molecule has 1 saturated carbocycles. The van der Waals surface area contributed by atoms with Crippen LogP contribution < -0.4 is 5.73 Å². The molecule has 1 heterocycles. The quantitative estimate of drug-likeness (QED) is 0.740. The van der Waals surface area contributed by atoms with Crippen molar-refractivity contribution in [2.24, 2.45) is 16.1 Å². The minimum absolute atomic E-state index is 0.0102. The molecule has 2 N–H and O–H groups in total. The first kappa shape index (κ1) is 22.5. The maximum atomic E-state index is 13.7. The number of rotatable bonds is 2. The highest BCUT2D eigenvalue weighted by molar-refractivity contribution is 6.08. The smallest absolute Gasteiger partial charge is 0.262 e. The van der Waals surface area contributed by atoms with Gasteiger partial charge in [-0.05, 0) is 67.3 Å². The van der Waals surface area contributed by atoms with Gasteiger partial charge in [0.2, 0.25) is 0 Å². The number of aliphatic imine (C=N–C) groups is 1. The first-order valence-corrected chi connectivity index (χ1v) is 11.8. The van der Waals surface area contributed by atoms with E-state index >= 15 is 0 Å². The van der Waals surface area contributed by atoms with E-state index in [1.54, 1.807) is 19.1 Å². The Morgan fingerprint density at radius 2 is 1.78 bits per heavy atom. The molecule has 0 saturated heterocycles. The van der Waals surface area contributed by atoms with Crippen molar-refractivity contribution in [2.45, 2.75) is 64.5 Å². The average Bonchev–Trinajstić information content (AvgIpc) is 3.21. The van der Waals surface area contributed by atoms with Gasteiger partial charge in [-0.3, -0.25) is 9.69 Å². The van der Waals surface area contributed by atoms with Crippen molar-refractivity contribution in [1.82, 2.24) is 4.90 Å². The third kappa shape index (κ3) is 3.17. The van der Waals surface area contributed by atoms with Crippen molar-refractivity contribution in [3.8, 4) is 11.1 Å². The van der Waals surface area contributed by atoms with Gasteiger partial charge in [0.1, 0.15) is 0 Å². The number of likely N-dealkylation sites (N-methyl/N-ethyl adjacent to an activating group) is 1. The standard InChI is InChI=1S/C25H29N3O2.C2H6/c1-16-5-4-6-17(13-16)18-7-8-19-15-24(11-9-20(30-3)10-12-24)25(21(19)14-18)22(29)28(2)23(26)27-25;1-2/h4-8,13-14,20H,9-12,15H2,1-3H3,(H2,26,27);1-2H3. The SMILES string of the molecule is CC.COC1CCC2(CC1)Cc1ccc(-c3cccc(C)c3)cc1C21N=C(N)N(C)C1=O. The fourth-order valence-electron chi connectivity index (χ4n) is 5.93. The Morgan fingerprint density at radius 1 is 1.09 bits per heavy atom. The zero-order valence-corrected chi connectivity index (χ0v) is 19.9. The third-order valence-electron chi connectivity index (χ3n) is 7.61. The van der Waals surface area contributed by atoms with Gasteiger partial charge < -0.3 is 10.5 Å². The van der Waals surface area contributed by atoms with Gasteiger partial charge in [-0.2, -0.15) is 0 Å². The average molecular weight is 434 g/mol. The molecule has 3 aliphatic rings. The van der Waals surface area contributed by atoms with Crippen LogP contribution in [0.3, 0.4) is 0 Å². The fraction of sp³-hybridized carbons (Fsp3) is 0.481. The second-order valence-electron chi connectivity index (χ2n) is 9.18. The van der Waals surface area contributed by atoms with Gasteiger partial charge in [0, 0.05) is 19.6 Å². The first-order valence-electron chi connectivity index (χ1n) is 11.8. The van der Waals surface area contributed by atoms with Crippen LogP contribution in [0, 0.1) is 12.3 Å². The number of benzene rings is 2. The van der Waals surface area contributed by atoms with Gasteiger partial charge in [-0.1, -0.05) is 55.8 Å². The lowest BCUT2D eigenvalue weighted by atomic mass is 9.61. The van der Waals surface area contributed by atoms with Crippen molar-refractivity contribution in [3.05, 3.63) is 59.2 Å².